The number of halogens is 1. The lowest BCUT2D eigenvalue weighted by molar-refractivity contribution is 0.0730. The van der Waals surface area contributed by atoms with Crippen molar-refractivity contribution in [3.05, 3.63) is 100 Å². The second kappa shape index (κ2) is 10.5. The molecule has 184 valence electrons. The molecule has 0 saturated carbocycles. The summed E-state index contributed by atoms with van der Waals surface area (Å²) in [4.78, 5) is 15.5. The molecule has 2 heterocycles. The summed E-state index contributed by atoms with van der Waals surface area (Å²) < 4.78 is 11.6. The molecule has 0 spiro atoms. The summed E-state index contributed by atoms with van der Waals surface area (Å²) in [6.45, 7) is 3.11. The van der Waals surface area contributed by atoms with Gasteiger partial charge in [0.15, 0.2) is 11.5 Å². The van der Waals surface area contributed by atoms with Crippen LogP contribution in [0.1, 0.15) is 53.0 Å². The first kappa shape index (κ1) is 23.9. The van der Waals surface area contributed by atoms with E-state index in [1.165, 1.54) is 0 Å². The van der Waals surface area contributed by atoms with Crippen molar-refractivity contribution < 1.29 is 14.3 Å². The third-order valence-corrected chi connectivity index (χ3v) is 6.84. The van der Waals surface area contributed by atoms with Crippen LogP contribution in [0.4, 0.5) is 0 Å². The second-order valence-electron chi connectivity index (χ2n) is 8.77. The van der Waals surface area contributed by atoms with E-state index in [4.69, 9.17) is 21.1 Å². The molecule has 6 nitrogen and oxygen atoms in total. The van der Waals surface area contributed by atoms with Crippen LogP contribution in [0.3, 0.4) is 0 Å². The lowest BCUT2D eigenvalue weighted by Gasteiger charge is -2.27. The highest BCUT2D eigenvalue weighted by atomic mass is 35.5. The van der Waals surface area contributed by atoms with Gasteiger partial charge in [0.1, 0.15) is 5.69 Å². The predicted octanol–water partition coefficient (Wildman–Crippen LogP) is 6.66. The summed E-state index contributed by atoms with van der Waals surface area (Å²) in [5.41, 5.74) is 4.83. The monoisotopic (exact) mass is 501 g/mol. The molecule has 1 aliphatic heterocycles. The molecule has 0 radical (unpaired) electrons. The van der Waals surface area contributed by atoms with Crippen molar-refractivity contribution >= 4 is 17.5 Å². The number of benzene rings is 3. The molecular weight excluding hydrogens is 474 g/mol. The summed E-state index contributed by atoms with van der Waals surface area (Å²) in [6, 6.07) is 23.0. The highest BCUT2D eigenvalue weighted by molar-refractivity contribution is 6.31. The van der Waals surface area contributed by atoms with Gasteiger partial charge in [-0.05, 0) is 35.7 Å². The Bertz CT molecular complexity index is 1370. The number of nitrogens with one attached hydrogen (secondary N) is 1. The normalized spacial score (nSPS) is 14.7. The SMILES string of the molecule is CCCCOc1ccc(C2c3c(-c4ccccc4)n[nH]c3C(=O)N2Cc2ccccc2Cl)cc1OC. The lowest BCUT2D eigenvalue weighted by Crippen LogP contribution is -2.29. The van der Waals surface area contributed by atoms with Crippen LogP contribution in [0.25, 0.3) is 11.3 Å². The highest BCUT2D eigenvalue weighted by Gasteiger charge is 2.42. The van der Waals surface area contributed by atoms with Crippen LogP contribution in [0, 0.1) is 0 Å². The third kappa shape index (κ3) is 4.44. The van der Waals surface area contributed by atoms with Gasteiger partial charge in [0.05, 0.1) is 25.5 Å². The molecule has 7 heteroatoms. The topological polar surface area (TPSA) is 67.5 Å². The average Bonchev–Trinajstić information content (AvgIpc) is 3.45. The molecule has 0 saturated heterocycles. The average molecular weight is 502 g/mol. The van der Waals surface area contributed by atoms with Crippen LogP contribution in [0.5, 0.6) is 11.5 Å². The van der Waals surface area contributed by atoms with E-state index in [0.29, 0.717) is 35.4 Å². The molecule has 1 aromatic heterocycles. The number of unbranched alkanes of at least 4 members (excludes halogenated alkanes) is 1. The van der Waals surface area contributed by atoms with Crippen LogP contribution >= 0.6 is 11.6 Å². The van der Waals surface area contributed by atoms with Gasteiger partial charge in [-0.1, -0.05) is 79.5 Å². The third-order valence-electron chi connectivity index (χ3n) is 6.47. The molecule has 3 aromatic carbocycles. The Morgan fingerprint density at radius 1 is 1.03 bits per heavy atom. The molecule has 1 atom stereocenters. The predicted molar refractivity (Wildman–Crippen MR) is 141 cm³/mol. The summed E-state index contributed by atoms with van der Waals surface area (Å²) in [5.74, 6) is 1.20. The van der Waals surface area contributed by atoms with Gasteiger partial charge in [0.25, 0.3) is 5.91 Å². The van der Waals surface area contributed by atoms with E-state index >= 15 is 0 Å². The largest absolute Gasteiger partial charge is 0.493 e. The van der Waals surface area contributed by atoms with Crippen molar-refractivity contribution in [1.29, 1.82) is 0 Å². The highest BCUT2D eigenvalue weighted by Crippen LogP contribution is 2.45. The molecule has 1 unspecified atom stereocenters. The molecule has 1 N–H and O–H groups in total. The Kier molecular flexibility index (Phi) is 6.96. The number of rotatable bonds is 9. The van der Waals surface area contributed by atoms with Crippen molar-refractivity contribution in [2.45, 2.75) is 32.4 Å². The fraction of sp³-hybridized carbons (Fsp3) is 0.241. The minimum Gasteiger partial charge on any atom is -0.493 e. The molecule has 4 aromatic rings. The van der Waals surface area contributed by atoms with Crippen molar-refractivity contribution in [2.24, 2.45) is 0 Å². The zero-order chi connectivity index (χ0) is 25.1. The minimum absolute atomic E-state index is 0.119. The number of fused-ring (bicyclic) bond motifs is 1. The number of carbonyl (C=O) groups excluding carboxylic acids is 1. The number of hydrogen-bond donors (Lipinski definition) is 1. The number of carbonyl (C=O) groups is 1. The molecule has 1 amide bonds. The first-order valence-electron chi connectivity index (χ1n) is 12.1. The van der Waals surface area contributed by atoms with E-state index in [2.05, 4.69) is 17.1 Å². The molecule has 0 aliphatic carbocycles. The lowest BCUT2D eigenvalue weighted by atomic mass is 9.95. The number of H-pyrrole nitrogens is 1. The number of aromatic nitrogens is 2. The van der Waals surface area contributed by atoms with Crippen molar-refractivity contribution in [2.75, 3.05) is 13.7 Å². The van der Waals surface area contributed by atoms with Crippen LogP contribution in [0.15, 0.2) is 72.8 Å². The van der Waals surface area contributed by atoms with Gasteiger partial charge in [-0.25, -0.2) is 0 Å². The smallest absolute Gasteiger partial charge is 0.273 e. The Hall–Kier alpha value is -3.77. The fourth-order valence-corrected chi connectivity index (χ4v) is 4.83. The molecule has 0 fully saturated rings. The second-order valence-corrected chi connectivity index (χ2v) is 9.17. The maximum atomic E-state index is 13.7. The van der Waals surface area contributed by atoms with E-state index in [1.54, 1.807) is 7.11 Å². The number of amides is 1. The first-order chi connectivity index (χ1) is 17.6. The van der Waals surface area contributed by atoms with Gasteiger partial charge in [0.2, 0.25) is 0 Å². The van der Waals surface area contributed by atoms with Crippen LogP contribution < -0.4 is 9.47 Å². The Labute approximate surface area is 215 Å². The van der Waals surface area contributed by atoms with Gasteiger partial charge in [-0.3, -0.25) is 9.89 Å². The summed E-state index contributed by atoms with van der Waals surface area (Å²) in [6.07, 6.45) is 2.01. The van der Waals surface area contributed by atoms with Gasteiger partial charge < -0.3 is 14.4 Å². The number of aromatic amines is 1. The number of nitrogens with zero attached hydrogens (tertiary/aromatic N) is 2. The maximum Gasteiger partial charge on any atom is 0.273 e. The van der Waals surface area contributed by atoms with Crippen molar-refractivity contribution in [3.63, 3.8) is 0 Å². The van der Waals surface area contributed by atoms with Crippen LogP contribution in [-0.4, -0.2) is 34.7 Å². The Balaban J connectivity index is 1.61. The zero-order valence-electron chi connectivity index (χ0n) is 20.3. The summed E-state index contributed by atoms with van der Waals surface area (Å²) in [5, 5.41) is 8.18. The quantitative estimate of drug-likeness (QED) is 0.260. The Morgan fingerprint density at radius 3 is 2.56 bits per heavy atom. The fourth-order valence-electron chi connectivity index (χ4n) is 4.63. The van der Waals surface area contributed by atoms with E-state index in [9.17, 15) is 4.79 Å². The van der Waals surface area contributed by atoms with Crippen LogP contribution in [-0.2, 0) is 6.54 Å². The van der Waals surface area contributed by atoms with Crippen molar-refractivity contribution in [3.8, 4) is 22.8 Å². The minimum atomic E-state index is -0.378. The maximum absolute atomic E-state index is 13.7. The van der Waals surface area contributed by atoms with Gasteiger partial charge in [-0.2, -0.15) is 5.10 Å². The van der Waals surface area contributed by atoms with E-state index in [1.807, 2.05) is 77.7 Å². The number of methoxy groups -OCH3 is 1. The zero-order valence-corrected chi connectivity index (χ0v) is 21.1. The molecule has 5 rings (SSSR count). The number of hydrogen-bond acceptors (Lipinski definition) is 4. The molecular formula is C29H28ClN3O3. The summed E-state index contributed by atoms with van der Waals surface area (Å²) >= 11 is 6.49. The van der Waals surface area contributed by atoms with Gasteiger partial charge >= 0.3 is 0 Å². The molecule has 1 aliphatic rings. The Morgan fingerprint density at radius 2 is 1.81 bits per heavy atom. The van der Waals surface area contributed by atoms with E-state index in [-0.39, 0.29) is 11.9 Å². The standard InChI is InChI=1S/C29H28ClN3O3/c1-3-4-16-36-23-15-14-20(17-24(23)35-2)28-25-26(19-10-6-5-7-11-19)31-32-27(25)29(34)33(28)18-21-12-8-9-13-22(21)30/h5-15,17,28H,3-4,16,18H2,1-2H3,(H,31,32). The van der Waals surface area contributed by atoms with Crippen LogP contribution in [0.2, 0.25) is 5.02 Å². The molecule has 0 bridgehead atoms. The molecule has 36 heavy (non-hydrogen) atoms. The van der Waals surface area contributed by atoms with E-state index < -0.39 is 0 Å². The summed E-state index contributed by atoms with van der Waals surface area (Å²) in [7, 11) is 1.63. The van der Waals surface area contributed by atoms with Gasteiger partial charge in [0, 0.05) is 22.7 Å². The van der Waals surface area contributed by atoms with E-state index in [0.717, 1.165) is 40.8 Å². The number of ether oxygens (including phenoxy) is 2. The first-order valence-corrected chi connectivity index (χ1v) is 12.5. The van der Waals surface area contributed by atoms with Crippen molar-refractivity contribution in [1.82, 2.24) is 15.1 Å². The van der Waals surface area contributed by atoms with Gasteiger partial charge in [-0.15, -0.1) is 0 Å².